The highest BCUT2D eigenvalue weighted by Crippen LogP contribution is 2.17. The van der Waals surface area contributed by atoms with Gasteiger partial charge in [0.15, 0.2) is 5.60 Å². The molecule has 8 heteroatoms. The second-order valence-electron chi connectivity index (χ2n) is 3.03. The lowest BCUT2D eigenvalue weighted by Gasteiger charge is -2.21. The number of carboxylic acid groups (broad SMARTS) is 2. The van der Waals surface area contributed by atoms with E-state index < -0.39 is 49.6 Å². The van der Waals surface area contributed by atoms with Crippen molar-refractivity contribution in [2.75, 3.05) is 13.2 Å². The van der Waals surface area contributed by atoms with Crippen molar-refractivity contribution < 1.29 is 39.5 Å². The molecule has 0 aromatic carbocycles. The average molecular weight is 236 g/mol. The van der Waals surface area contributed by atoms with Gasteiger partial charge >= 0.3 is 17.9 Å². The summed E-state index contributed by atoms with van der Waals surface area (Å²) in [7, 11) is 0. The van der Waals surface area contributed by atoms with E-state index in [2.05, 4.69) is 4.74 Å². The standard InChI is InChI=1S/C8H12O8/c9-1-2-16-7(14)8(15,3-5(10)11)4-6(12)13/h9,15H,1-4H2,(H,10,11)(H,12,13). The van der Waals surface area contributed by atoms with Gasteiger partial charge in [-0.25, -0.2) is 4.79 Å². The normalized spacial score (nSPS) is 10.9. The molecule has 4 N–H and O–H groups in total. The van der Waals surface area contributed by atoms with Gasteiger partial charge in [-0.1, -0.05) is 0 Å². The maximum atomic E-state index is 11.2. The molecule has 16 heavy (non-hydrogen) atoms. The van der Waals surface area contributed by atoms with Crippen molar-refractivity contribution in [3.05, 3.63) is 0 Å². The van der Waals surface area contributed by atoms with Crippen LogP contribution in [0.15, 0.2) is 0 Å². The third kappa shape index (κ3) is 4.71. The molecule has 0 rings (SSSR count). The highest BCUT2D eigenvalue weighted by molar-refractivity contribution is 5.89. The quantitative estimate of drug-likeness (QED) is 0.379. The van der Waals surface area contributed by atoms with Crippen LogP contribution < -0.4 is 0 Å². The average Bonchev–Trinajstić information content (AvgIpc) is 2.11. The summed E-state index contributed by atoms with van der Waals surface area (Å²) in [5, 5.41) is 34.7. The predicted octanol–water partition coefficient (Wildman–Crippen LogP) is -1.80. The van der Waals surface area contributed by atoms with Crippen molar-refractivity contribution in [3.8, 4) is 0 Å². The van der Waals surface area contributed by atoms with Crippen molar-refractivity contribution in [1.29, 1.82) is 0 Å². The molecular weight excluding hydrogens is 224 g/mol. The lowest BCUT2D eigenvalue weighted by Crippen LogP contribution is -2.44. The smallest absolute Gasteiger partial charge is 0.339 e. The summed E-state index contributed by atoms with van der Waals surface area (Å²) < 4.78 is 4.29. The summed E-state index contributed by atoms with van der Waals surface area (Å²) in [5.41, 5.74) is -2.62. The second-order valence-corrected chi connectivity index (χ2v) is 3.03. The minimum atomic E-state index is -2.62. The molecule has 0 fully saturated rings. The fourth-order valence-electron chi connectivity index (χ4n) is 0.980. The maximum absolute atomic E-state index is 11.2. The summed E-state index contributed by atoms with van der Waals surface area (Å²) in [5.74, 6) is -4.46. The van der Waals surface area contributed by atoms with Gasteiger partial charge in [0.05, 0.1) is 19.4 Å². The Bertz CT molecular complexity index is 268. The van der Waals surface area contributed by atoms with E-state index in [1.807, 2.05) is 0 Å². The molecule has 8 nitrogen and oxygen atoms in total. The number of ether oxygens (including phenoxy) is 1. The van der Waals surface area contributed by atoms with E-state index in [4.69, 9.17) is 15.3 Å². The Labute approximate surface area is 90.1 Å². The summed E-state index contributed by atoms with van der Waals surface area (Å²) >= 11 is 0. The van der Waals surface area contributed by atoms with Crippen LogP contribution in [0.1, 0.15) is 12.8 Å². The van der Waals surface area contributed by atoms with Crippen LogP contribution in [-0.2, 0) is 19.1 Å². The van der Waals surface area contributed by atoms with Crippen LogP contribution in [0.5, 0.6) is 0 Å². The van der Waals surface area contributed by atoms with Gasteiger partial charge in [-0.2, -0.15) is 0 Å². The number of aliphatic hydroxyl groups excluding tert-OH is 1. The molecule has 0 atom stereocenters. The lowest BCUT2D eigenvalue weighted by molar-refractivity contribution is -0.176. The second kappa shape index (κ2) is 6.03. The molecule has 92 valence electrons. The Balaban J connectivity index is 4.69. The molecule has 0 aromatic heterocycles. The molecule has 0 aliphatic rings. The van der Waals surface area contributed by atoms with Gasteiger partial charge in [0, 0.05) is 0 Å². The van der Waals surface area contributed by atoms with E-state index in [1.165, 1.54) is 0 Å². The first-order chi connectivity index (χ1) is 7.31. The van der Waals surface area contributed by atoms with E-state index in [0.717, 1.165) is 0 Å². The SMILES string of the molecule is O=C(O)CC(O)(CC(=O)O)C(=O)OCCO. The van der Waals surface area contributed by atoms with Crippen molar-refractivity contribution in [1.82, 2.24) is 0 Å². The zero-order valence-corrected chi connectivity index (χ0v) is 8.25. The van der Waals surface area contributed by atoms with Crippen molar-refractivity contribution in [2.45, 2.75) is 18.4 Å². The molecule has 0 aliphatic carbocycles. The number of hydrogen-bond acceptors (Lipinski definition) is 6. The van der Waals surface area contributed by atoms with Gasteiger partial charge in [0.2, 0.25) is 0 Å². The molecule has 0 aromatic rings. The van der Waals surface area contributed by atoms with Gasteiger partial charge in [0.25, 0.3) is 0 Å². The van der Waals surface area contributed by atoms with Crippen LogP contribution in [0, 0.1) is 0 Å². The first-order valence-electron chi connectivity index (χ1n) is 4.26. The van der Waals surface area contributed by atoms with Crippen LogP contribution in [0.4, 0.5) is 0 Å². The molecule has 0 bridgehead atoms. The fraction of sp³-hybridized carbons (Fsp3) is 0.625. The fourth-order valence-corrected chi connectivity index (χ4v) is 0.980. The number of aliphatic hydroxyl groups is 2. The monoisotopic (exact) mass is 236 g/mol. The Morgan fingerprint density at radius 3 is 1.81 bits per heavy atom. The molecular formula is C8H12O8. The topological polar surface area (TPSA) is 141 Å². The van der Waals surface area contributed by atoms with E-state index >= 15 is 0 Å². The summed E-state index contributed by atoms with van der Waals surface area (Å²) in [4.78, 5) is 31.9. The van der Waals surface area contributed by atoms with Crippen LogP contribution in [0.2, 0.25) is 0 Å². The molecule has 0 aliphatic heterocycles. The van der Waals surface area contributed by atoms with Crippen molar-refractivity contribution in [2.24, 2.45) is 0 Å². The Morgan fingerprint density at radius 2 is 1.50 bits per heavy atom. The van der Waals surface area contributed by atoms with E-state index in [9.17, 15) is 19.5 Å². The Morgan fingerprint density at radius 1 is 1.06 bits per heavy atom. The Kier molecular flexibility index (Phi) is 5.40. The summed E-state index contributed by atoms with van der Waals surface area (Å²) in [6.07, 6.45) is -2.16. The van der Waals surface area contributed by atoms with Crippen molar-refractivity contribution in [3.63, 3.8) is 0 Å². The van der Waals surface area contributed by atoms with Gasteiger partial charge in [0.1, 0.15) is 6.61 Å². The summed E-state index contributed by atoms with van der Waals surface area (Å²) in [6.45, 7) is -0.956. The zero-order valence-electron chi connectivity index (χ0n) is 8.25. The third-order valence-corrected chi connectivity index (χ3v) is 1.59. The van der Waals surface area contributed by atoms with Gasteiger partial charge < -0.3 is 25.2 Å². The number of aliphatic carboxylic acids is 2. The molecule has 0 unspecified atom stereocenters. The Hall–Kier alpha value is -1.67. The molecule has 0 saturated heterocycles. The third-order valence-electron chi connectivity index (χ3n) is 1.59. The maximum Gasteiger partial charge on any atom is 0.339 e. The minimum absolute atomic E-state index is 0.444. The minimum Gasteiger partial charge on any atom is -0.481 e. The lowest BCUT2D eigenvalue weighted by atomic mass is 9.96. The van der Waals surface area contributed by atoms with Crippen LogP contribution >= 0.6 is 0 Å². The van der Waals surface area contributed by atoms with E-state index in [1.54, 1.807) is 0 Å². The van der Waals surface area contributed by atoms with E-state index in [-0.39, 0.29) is 0 Å². The number of esters is 1. The van der Waals surface area contributed by atoms with Crippen molar-refractivity contribution >= 4 is 17.9 Å². The van der Waals surface area contributed by atoms with Crippen LogP contribution in [0.25, 0.3) is 0 Å². The summed E-state index contributed by atoms with van der Waals surface area (Å²) in [6, 6.07) is 0. The largest absolute Gasteiger partial charge is 0.481 e. The molecule has 0 heterocycles. The number of carbonyl (C=O) groups excluding carboxylic acids is 1. The predicted molar refractivity (Wildman–Crippen MR) is 47.5 cm³/mol. The number of carboxylic acids is 2. The first-order valence-corrected chi connectivity index (χ1v) is 4.26. The zero-order chi connectivity index (χ0) is 12.8. The molecule has 0 saturated carbocycles. The van der Waals surface area contributed by atoms with Gasteiger partial charge in [-0.05, 0) is 0 Å². The van der Waals surface area contributed by atoms with Gasteiger partial charge in [-0.3, -0.25) is 9.59 Å². The molecule has 0 amide bonds. The number of hydrogen-bond donors (Lipinski definition) is 4. The van der Waals surface area contributed by atoms with Crippen LogP contribution in [-0.4, -0.2) is 57.1 Å². The van der Waals surface area contributed by atoms with E-state index in [0.29, 0.717) is 0 Å². The first kappa shape index (κ1) is 14.3. The molecule has 0 spiro atoms. The van der Waals surface area contributed by atoms with Crippen LogP contribution in [0.3, 0.4) is 0 Å². The molecule has 0 radical (unpaired) electrons. The van der Waals surface area contributed by atoms with Gasteiger partial charge in [-0.15, -0.1) is 0 Å². The number of rotatable bonds is 7. The number of carbonyl (C=O) groups is 3. The highest BCUT2D eigenvalue weighted by Gasteiger charge is 2.42. The highest BCUT2D eigenvalue weighted by atomic mass is 16.6.